The number of rotatable bonds is 3. The zero-order valence-electron chi connectivity index (χ0n) is 12.4. The fourth-order valence-corrected chi connectivity index (χ4v) is 2.54. The molecular formula is C15H18N6. The maximum absolute atomic E-state index is 5.87. The van der Waals surface area contributed by atoms with Crippen molar-refractivity contribution in [3.63, 3.8) is 0 Å². The lowest BCUT2D eigenvalue weighted by atomic mass is 10.0. The number of hydrogen-bond donors (Lipinski definition) is 1. The summed E-state index contributed by atoms with van der Waals surface area (Å²) in [5.41, 5.74) is 9.88. The van der Waals surface area contributed by atoms with Gasteiger partial charge in [0.2, 0.25) is 0 Å². The van der Waals surface area contributed by atoms with Crippen molar-refractivity contribution in [3.05, 3.63) is 47.4 Å². The maximum atomic E-state index is 5.87. The van der Waals surface area contributed by atoms with Gasteiger partial charge in [-0.05, 0) is 24.6 Å². The Hall–Kier alpha value is -2.63. The number of aromatic nitrogens is 4. The lowest BCUT2D eigenvalue weighted by Gasteiger charge is -2.19. The van der Waals surface area contributed by atoms with E-state index in [0.29, 0.717) is 5.78 Å². The Balaban J connectivity index is 2.16. The highest BCUT2D eigenvalue weighted by atomic mass is 15.4. The van der Waals surface area contributed by atoms with Gasteiger partial charge in [-0.15, -0.1) is 0 Å². The highest BCUT2D eigenvalue weighted by Gasteiger charge is 2.16. The third-order valence-electron chi connectivity index (χ3n) is 3.46. The molecule has 0 amide bonds. The second-order valence-electron chi connectivity index (χ2n) is 5.29. The van der Waals surface area contributed by atoms with Crippen molar-refractivity contribution in [2.24, 2.45) is 0 Å². The van der Waals surface area contributed by atoms with Crippen LogP contribution < -0.4 is 10.6 Å². The van der Waals surface area contributed by atoms with E-state index in [1.807, 2.05) is 44.1 Å². The summed E-state index contributed by atoms with van der Waals surface area (Å²) in [7, 11) is 4.00. The van der Waals surface area contributed by atoms with Crippen molar-refractivity contribution in [1.82, 2.24) is 19.6 Å². The van der Waals surface area contributed by atoms with Crippen LogP contribution in [0.15, 0.2) is 30.6 Å². The van der Waals surface area contributed by atoms with Crippen LogP contribution in [0.3, 0.4) is 0 Å². The van der Waals surface area contributed by atoms with E-state index >= 15 is 0 Å². The van der Waals surface area contributed by atoms with Gasteiger partial charge in [-0.2, -0.15) is 14.6 Å². The molecule has 0 saturated carbocycles. The number of hydrogen-bond acceptors (Lipinski definition) is 5. The van der Waals surface area contributed by atoms with E-state index in [-0.39, 0.29) is 0 Å². The van der Waals surface area contributed by atoms with Gasteiger partial charge in [-0.25, -0.2) is 4.98 Å². The van der Waals surface area contributed by atoms with E-state index in [4.69, 9.17) is 5.73 Å². The molecule has 0 aliphatic rings. The zero-order valence-corrected chi connectivity index (χ0v) is 12.4. The molecule has 0 bridgehead atoms. The maximum Gasteiger partial charge on any atom is 0.254 e. The Labute approximate surface area is 123 Å². The zero-order chi connectivity index (χ0) is 15.0. The standard InChI is InChI=1S/C15H18N6/c1-10-13(8-11-5-4-6-12(16)7-11)14(20(2)3)21-15(19-10)17-9-18-21/h4-7,9H,8,16H2,1-3H3. The molecule has 0 unspecified atom stereocenters. The summed E-state index contributed by atoms with van der Waals surface area (Å²) in [6, 6.07) is 7.92. The number of anilines is 2. The number of nitrogens with two attached hydrogens (primary N) is 1. The van der Waals surface area contributed by atoms with Crippen LogP contribution in [0, 0.1) is 6.92 Å². The fraction of sp³-hybridized carbons (Fsp3) is 0.267. The third-order valence-corrected chi connectivity index (χ3v) is 3.46. The van der Waals surface area contributed by atoms with Crippen molar-refractivity contribution in [3.8, 4) is 0 Å². The van der Waals surface area contributed by atoms with Crippen LogP contribution in [0.25, 0.3) is 5.78 Å². The van der Waals surface area contributed by atoms with Crippen molar-refractivity contribution in [1.29, 1.82) is 0 Å². The minimum absolute atomic E-state index is 0.618. The highest BCUT2D eigenvalue weighted by molar-refractivity contribution is 5.55. The Morgan fingerprint density at radius 2 is 2.10 bits per heavy atom. The van der Waals surface area contributed by atoms with Gasteiger partial charge in [0.15, 0.2) is 0 Å². The number of benzene rings is 1. The van der Waals surface area contributed by atoms with Gasteiger partial charge in [-0.1, -0.05) is 12.1 Å². The van der Waals surface area contributed by atoms with Crippen molar-refractivity contribution < 1.29 is 0 Å². The molecule has 0 aliphatic heterocycles. The largest absolute Gasteiger partial charge is 0.399 e. The lowest BCUT2D eigenvalue weighted by Crippen LogP contribution is -2.18. The average molecular weight is 282 g/mol. The minimum Gasteiger partial charge on any atom is -0.399 e. The van der Waals surface area contributed by atoms with Crippen LogP contribution in [-0.2, 0) is 6.42 Å². The highest BCUT2D eigenvalue weighted by Crippen LogP contribution is 2.25. The molecule has 0 saturated heterocycles. The van der Waals surface area contributed by atoms with Crippen molar-refractivity contribution in [2.45, 2.75) is 13.3 Å². The molecule has 2 heterocycles. The van der Waals surface area contributed by atoms with Gasteiger partial charge in [0.25, 0.3) is 5.78 Å². The molecule has 3 rings (SSSR count). The number of nitrogens with zero attached hydrogens (tertiary/aromatic N) is 5. The van der Waals surface area contributed by atoms with Gasteiger partial charge >= 0.3 is 0 Å². The average Bonchev–Trinajstić information content (AvgIpc) is 2.86. The van der Waals surface area contributed by atoms with E-state index in [1.165, 1.54) is 6.33 Å². The van der Waals surface area contributed by atoms with E-state index in [1.54, 1.807) is 4.52 Å². The number of fused-ring (bicyclic) bond motifs is 1. The summed E-state index contributed by atoms with van der Waals surface area (Å²) in [5.74, 6) is 1.62. The SMILES string of the molecule is Cc1nc2ncnn2c(N(C)C)c1Cc1cccc(N)c1. The molecule has 2 N–H and O–H groups in total. The first-order valence-electron chi connectivity index (χ1n) is 6.77. The Morgan fingerprint density at radius 3 is 2.81 bits per heavy atom. The summed E-state index contributed by atoms with van der Waals surface area (Å²) in [6.45, 7) is 2.00. The van der Waals surface area contributed by atoms with Gasteiger partial charge in [0.1, 0.15) is 12.1 Å². The predicted octanol–water partition coefficient (Wildman–Crippen LogP) is 1.67. The summed E-state index contributed by atoms with van der Waals surface area (Å²) in [4.78, 5) is 10.7. The molecule has 0 fully saturated rings. The lowest BCUT2D eigenvalue weighted by molar-refractivity contribution is 0.863. The van der Waals surface area contributed by atoms with Crippen LogP contribution in [0.2, 0.25) is 0 Å². The molecule has 0 spiro atoms. The Morgan fingerprint density at radius 1 is 1.29 bits per heavy atom. The quantitative estimate of drug-likeness (QED) is 0.740. The van der Waals surface area contributed by atoms with Crippen LogP contribution >= 0.6 is 0 Å². The molecule has 3 aromatic rings. The van der Waals surface area contributed by atoms with Gasteiger partial charge in [0.05, 0.1) is 0 Å². The molecule has 2 aromatic heterocycles. The van der Waals surface area contributed by atoms with Crippen LogP contribution in [0.4, 0.5) is 11.5 Å². The normalized spacial score (nSPS) is 11.0. The van der Waals surface area contributed by atoms with Crippen LogP contribution in [0.5, 0.6) is 0 Å². The molecule has 21 heavy (non-hydrogen) atoms. The smallest absolute Gasteiger partial charge is 0.254 e. The van der Waals surface area contributed by atoms with Gasteiger partial charge in [0, 0.05) is 37.5 Å². The summed E-state index contributed by atoms with van der Waals surface area (Å²) < 4.78 is 1.77. The minimum atomic E-state index is 0.618. The Kier molecular flexibility index (Phi) is 3.21. The predicted molar refractivity (Wildman–Crippen MR) is 83.5 cm³/mol. The second-order valence-corrected chi connectivity index (χ2v) is 5.29. The van der Waals surface area contributed by atoms with Gasteiger partial charge < -0.3 is 10.6 Å². The third kappa shape index (κ3) is 2.40. The van der Waals surface area contributed by atoms with Crippen LogP contribution in [0.1, 0.15) is 16.8 Å². The van der Waals surface area contributed by atoms with E-state index in [2.05, 4.69) is 21.1 Å². The van der Waals surface area contributed by atoms with Crippen LogP contribution in [-0.4, -0.2) is 33.7 Å². The molecular weight excluding hydrogens is 264 g/mol. The van der Waals surface area contributed by atoms with E-state index in [9.17, 15) is 0 Å². The number of nitrogen functional groups attached to an aromatic ring is 1. The van der Waals surface area contributed by atoms with Gasteiger partial charge in [-0.3, -0.25) is 0 Å². The topological polar surface area (TPSA) is 72.3 Å². The Bertz CT molecular complexity index is 790. The molecule has 6 nitrogen and oxygen atoms in total. The summed E-state index contributed by atoms with van der Waals surface area (Å²) in [5, 5.41) is 4.28. The molecule has 0 atom stereocenters. The molecule has 1 aromatic carbocycles. The van der Waals surface area contributed by atoms with Crippen molar-refractivity contribution in [2.75, 3.05) is 24.7 Å². The second kappa shape index (κ2) is 5.05. The first kappa shape index (κ1) is 13.4. The first-order chi connectivity index (χ1) is 10.1. The fourth-order valence-electron chi connectivity index (χ4n) is 2.54. The molecule has 108 valence electrons. The molecule has 0 aliphatic carbocycles. The summed E-state index contributed by atoms with van der Waals surface area (Å²) in [6.07, 6.45) is 2.28. The first-order valence-corrected chi connectivity index (χ1v) is 6.77. The van der Waals surface area contributed by atoms with E-state index in [0.717, 1.165) is 34.7 Å². The van der Waals surface area contributed by atoms with Crippen molar-refractivity contribution >= 4 is 17.3 Å². The summed E-state index contributed by atoms with van der Waals surface area (Å²) >= 11 is 0. The van der Waals surface area contributed by atoms with E-state index < -0.39 is 0 Å². The number of aryl methyl sites for hydroxylation is 1. The molecule has 0 radical (unpaired) electrons. The monoisotopic (exact) mass is 282 g/mol. The molecule has 6 heteroatoms.